The van der Waals surface area contributed by atoms with Crippen molar-refractivity contribution >= 4 is 29.6 Å². The van der Waals surface area contributed by atoms with E-state index in [1.54, 1.807) is 14.0 Å². The van der Waals surface area contributed by atoms with E-state index in [1.165, 1.54) is 16.8 Å². The zero-order chi connectivity index (χ0) is 13.7. The molecule has 0 atom stereocenters. The molecule has 0 aliphatic heterocycles. The van der Waals surface area contributed by atoms with E-state index in [2.05, 4.69) is 9.94 Å². The fourth-order valence-corrected chi connectivity index (χ4v) is 1.44. The van der Waals surface area contributed by atoms with Crippen molar-refractivity contribution in [2.45, 2.75) is 6.92 Å². The van der Waals surface area contributed by atoms with Gasteiger partial charge >= 0.3 is 5.97 Å². The molecule has 1 rings (SSSR count). The average molecular weight is 274 g/mol. The summed E-state index contributed by atoms with van der Waals surface area (Å²) in [5.41, 5.74) is 3.25. The summed E-state index contributed by atoms with van der Waals surface area (Å²) in [6.07, 6.45) is 2.65. The van der Waals surface area contributed by atoms with Crippen molar-refractivity contribution in [1.82, 2.24) is 15.3 Å². The first-order valence-electron chi connectivity index (χ1n) is 4.92. The molecule has 1 aromatic rings. The van der Waals surface area contributed by atoms with Crippen molar-refractivity contribution in [2.24, 2.45) is 7.05 Å². The van der Waals surface area contributed by atoms with Gasteiger partial charge in [0.2, 0.25) is 0 Å². The number of hydrogen-bond donors (Lipinski definition) is 2. The number of nitrogens with one attached hydrogen (secondary N) is 1. The lowest BCUT2D eigenvalue weighted by atomic mass is 10.2. The normalized spacial score (nSPS) is 10.8. The van der Waals surface area contributed by atoms with Crippen LogP contribution < -0.4 is 5.48 Å². The molecular formula is C10H12ClN3O4. The monoisotopic (exact) mass is 273 g/mol. The molecule has 0 unspecified atom stereocenters. The van der Waals surface area contributed by atoms with Crippen LogP contribution in [0.1, 0.15) is 11.3 Å². The van der Waals surface area contributed by atoms with E-state index in [9.17, 15) is 9.59 Å². The molecule has 0 spiro atoms. The first-order valence-corrected chi connectivity index (χ1v) is 5.30. The van der Waals surface area contributed by atoms with Gasteiger partial charge in [-0.05, 0) is 13.0 Å². The highest BCUT2D eigenvalue weighted by molar-refractivity contribution is 6.31. The highest BCUT2D eigenvalue weighted by atomic mass is 35.5. The zero-order valence-corrected chi connectivity index (χ0v) is 10.6. The van der Waals surface area contributed by atoms with Crippen molar-refractivity contribution < 1.29 is 19.5 Å². The molecule has 1 heterocycles. The lowest BCUT2D eigenvalue weighted by Crippen LogP contribution is -2.24. The molecule has 0 aliphatic carbocycles. The molecule has 1 amide bonds. The Morgan fingerprint density at radius 2 is 2.28 bits per heavy atom. The number of halogens is 1. The molecule has 98 valence electrons. The number of nitrogens with zero attached hydrogens (tertiary/aromatic N) is 2. The van der Waals surface area contributed by atoms with Gasteiger partial charge in [0, 0.05) is 18.7 Å². The summed E-state index contributed by atoms with van der Waals surface area (Å²) in [4.78, 5) is 25.8. The SMILES string of the molecule is Cc1nn(C)c(Cl)c1C=CC(=O)NOCC(=O)O. The molecule has 7 nitrogen and oxygen atoms in total. The summed E-state index contributed by atoms with van der Waals surface area (Å²) < 4.78 is 1.48. The van der Waals surface area contributed by atoms with E-state index in [0.717, 1.165) is 0 Å². The Kier molecular flexibility index (Phi) is 4.87. The van der Waals surface area contributed by atoms with Gasteiger partial charge in [-0.1, -0.05) is 11.6 Å². The summed E-state index contributed by atoms with van der Waals surface area (Å²) in [6, 6.07) is 0. The molecular weight excluding hydrogens is 262 g/mol. The number of hydroxylamine groups is 1. The number of aliphatic carboxylic acids is 1. The van der Waals surface area contributed by atoms with Gasteiger partial charge in [0.15, 0.2) is 6.61 Å². The van der Waals surface area contributed by atoms with Crippen LogP contribution in [0.3, 0.4) is 0 Å². The number of amides is 1. The third-order valence-corrected chi connectivity index (χ3v) is 2.41. The van der Waals surface area contributed by atoms with Crippen LogP contribution >= 0.6 is 11.6 Å². The molecule has 0 aromatic carbocycles. The smallest absolute Gasteiger partial charge is 0.332 e. The summed E-state index contributed by atoms with van der Waals surface area (Å²) >= 11 is 5.95. The highest BCUT2D eigenvalue weighted by Crippen LogP contribution is 2.19. The molecule has 0 bridgehead atoms. The summed E-state index contributed by atoms with van der Waals surface area (Å²) in [5.74, 6) is -1.76. The Morgan fingerprint density at radius 3 is 2.78 bits per heavy atom. The maximum atomic E-state index is 11.2. The van der Waals surface area contributed by atoms with Crippen LogP contribution in [0.4, 0.5) is 0 Å². The van der Waals surface area contributed by atoms with Gasteiger partial charge < -0.3 is 5.11 Å². The van der Waals surface area contributed by atoms with E-state index in [-0.39, 0.29) is 0 Å². The molecule has 0 aliphatic rings. The lowest BCUT2D eigenvalue weighted by molar-refractivity contribution is -0.147. The number of aryl methyl sites for hydroxylation is 2. The van der Waals surface area contributed by atoms with Crippen molar-refractivity contribution in [1.29, 1.82) is 0 Å². The summed E-state index contributed by atoms with van der Waals surface area (Å²) in [5, 5.41) is 12.8. The maximum Gasteiger partial charge on any atom is 0.332 e. The number of carbonyl (C=O) groups excluding carboxylic acids is 1. The Labute approximate surface area is 108 Å². The van der Waals surface area contributed by atoms with Gasteiger partial charge in [0.25, 0.3) is 5.91 Å². The Balaban J connectivity index is 2.58. The van der Waals surface area contributed by atoms with Crippen LogP contribution in [0.5, 0.6) is 0 Å². The van der Waals surface area contributed by atoms with Crippen molar-refractivity contribution in [2.75, 3.05) is 6.61 Å². The Bertz CT molecular complexity index is 496. The van der Waals surface area contributed by atoms with Crippen molar-refractivity contribution in [3.63, 3.8) is 0 Å². The third kappa shape index (κ3) is 3.86. The van der Waals surface area contributed by atoms with E-state index in [1.807, 2.05) is 5.48 Å². The quantitative estimate of drug-likeness (QED) is 0.603. The first kappa shape index (κ1) is 14.2. The van der Waals surface area contributed by atoms with E-state index < -0.39 is 18.5 Å². The standard InChI is InChI=1S/C10H12ClN3O4/c1-6-7(10(11)14(2)12-6)3-4-8(15)13-18-5-9(16)17/h3-4H,5H2,1-2H3,(H,13,15)(H,16,17). The van der Waals surface area contributed by atoms with Gasteiger partial charge in [-0.2, -0.15) is 5.10 Å². The van der Waals surface area contributed by atoms with E-state index in [0.29, 0.717) is 16.4 Å². The van der Waals surface area contributed by atoms with Gasteiger partial charge in [0.05, 0.1) is 5.69 Å². The molecule has 0 radical (unpaired) electrons. The van der Waals surface area contributed by atoms with Gasteiger partial charge in [-0.25, -0.2) is 10.3 Å². The fourth-order valence-electron chi connectivity index (χ4n) is 1.20. The van der Waals surface area contributed by atoms with Gasteiger partial charge in [-0.15, -0.1) is 0 Å². The Morgan fingerprint density at radius 1 is 1.61 bits per heavy atom. The number of hydrogen-bond acceptors (Lipinski definition) is 4. The minimum atomic E-state index is -1.18. The number of aromatic nitrogens is 2. The van der Waals surface area contributed by atoms with Crippen LogP contribution in [-0.2, 0) is 21.5 Å². The largest absolute Gasteiger partial charge is 0.479 e. The van der Waals surface area contributed by atoms with Crippen LogP contribution in [0.2, 0.25) is 5.15 Å². The fraction of sp³-hybridized carbons (Fsp3) is 0.300. The minimum absolute atomic E-state index is 0.406. The molecule has 0 fully saturated rings. The molecule has 8 heteroatoms. The van der Waals surface area contributed by atoms with Crippen LogP contribution in [0.15, 0.2) is 6.08 Å². The predicted molar refractivity (Wildman–Crippen MR) is 63.7 cm³/mol. The predicted octanol–water partition coefficient (Wildman–Crippen LogP) is 0.528. The van der Waals surface area contributed by atoms with Gasteiger partial charge in [0.1, 0.15) is 5.15 Å². The molecule has 18 heavy (non-hydrogen) atoms. The molecule has 2 N–H and O–H groups in total. The number of carbonyl (C=O) groups is 2. The minimum Gasteiger partial charge on any atom is -0.479 e. The second-order valence-corrected chi connectivity index (χ2v) is 3.75. The third-order valence-electron chi connectivity index (χ3n) is 1.97. The summed E-state index contributed by atoms with van der Waals surface area (Å²) in [7, 11) is 1.68. The van der Waals surface area contributed by atoms with Crippen molar-refractivity contribution in [3.8, 4) is 0 Å². The highest BCUT2D eigenvalue weighted by Gasteiger charge is 2.08. The topological polar surface area (TPSA) is 93.5 Å². The molecule has 0 saturated carbocycles. The lowest BCUT2D eigenvalue weighted by Gasteiger charge is -1.99. The first-order chi connectivity index (χ1) is 8.41. The second-order valence-electron chi connectivity index (χ2n) is 3.40. The van der Waals surface area contributed by atoms with Crippen LogP contribution in [-0.4, -0.2) is 33.4 Å². The van der Waals surface area contributed by atoms with Crippen LogP contribution in [0, 0.1) is 6.92 Å². The van der Waals surface area contributed by atoms with Crippen molar-refractivity contribution in [3.05, 3.63) is 22.5 Å². The second kappa shape index (κ2) is 6.18. The van der Waals surface area contributed by atoms with E-state index >= 15 is 0 Å². The number of carboxylic acid groups (broad SMARTS) is 1. The molecule has 0 saturated heterocycles. The Hall–Kier alpha value is -1.86. The van der Waals surface area contributed by atoms with Crippen LogP contribution in [0.25, 0.3) is 6.08 Å². The zero-order valence-electron chi connectivity index (χ0n) is 9.81. The van der Waals surface area contributed by atoms with E-state index in [4.69, 9.17) is 16.7 Å². The number of carboxylic acids is 1. The maximum absolute atomic E-state index is 11.2. The summed E-state index contributed by atoms with van der Waals surface area (Å²) in [6.45, 7) is 1.15. The van der Waals surface area contributed by atoms with Gasteiger partial charge in [-0.3, -0.25) is 14.3 Å². The molecule has 1 aromatic heterocycles. The number of rotatable bonds is 5. The average Bonchev–Trinajstić information content (AvgIpc) is 2.50.